The maximum Gasteiger partial charge on any atom is 0.273 e. The molecular formula is C13H19N3O5S. The summed E-state index contributed by atoms with van der Waals surface area (Å²) in [5, 5.41) is 10.8. The molecule has 2 atom stereocenters. The van der Waals surface area contributed by atoms with Crippen molar-refractivity contribution in [3.8, 4) is 5.75 Å². The van der Waals surface area contributed by atoms with Crippen molar-refractivity contribution in [1.29, 1.82) is 0 Å². The van der Waals surface area contributed by atoms with Crippen molar-refractivity contribution in [2.24, 2.45) is 11.7 Å². The minimum atomic E-state index is -3.79. The lowest BCUT2D eigenvalue weighted by molar-refractivity contribution is -0.385. The molecule has 8 nitrogen and oxygen atoms in total. The number of methoxy groups -OCH3 is 1. The van der Waals surface area contributed by atoms with E-state index >= 15 is 0 Å². The van der Waals surface area contributed by atoms with Crippen molar-refractivity contribution in [2.75, 3.05) is 20.2 Å². The first-order valence-electron chi connectivity index (χ1n) is 6.85. The van der Waals surface area contributed by atoms with Crippen LogP contribution >= 0.6 is 0 Å². The molecule has 9 heteroatoms. The van der Waals surface area contributed by atoms with Gasteiger partial charge in [-0.05, 0) is 31.9 Å². The van der Waals surface area contributed by atoms with Crippen molar-refractivity contribution in [3.63, 3.8) is 0 Å². The van der Waals surface area contributed by atoms with Crippen LogP contribution in [0.25, 0.3) is 0 Å². The summed E-state index contributed by atoms with van der Waals surface area (Å²) >= 11 is 0. The average Bonchev–Trinajstić information content (AvgIpc) is 2.88. The number of nitrogens with zero attached hydrogens (tertiary/aromatic N) is 2. The van der Waals surface area contributed by atoms with E-state index in [1.54, 1.807) is 0 Å². The van der Waals surface area contributed by atoms with E-state index in [1.165, 1.54) is 17.5 Å². The summed E-state index contributed by atoms with van der Waals surface area (Å²) in [5.74, 6) is 0.0893. The van der Waals surface area contributed by atoms with Crippen LogP contribution in [-0.4, -0.2) is 43.9 Å². The Labute approximate surface area is 129 Å². The molecule has 1 aliphatic heterocycles. The molecule has 0 radical (unpaired) electrons. The molecule has 0 aromatic heterocycles. The van der Waals surface area contributed by atoms with Crippen LogP contribution < -0.4 is 10.5 Å². The molecule has 0 amide bonds. The van der Waals surface area contributed by atoms with Gasteiger partial charge < -0.3 is 10.5 Å². The van der Waals surface area contributed by atoms with Crippen molar-refractivity contribution < 1.29 is 18.1 Å². The molecule has 0 saturated carbocycles. The average molecular weight is 329 g/mol. The summed E-state index contributed by atoms with van der Waals surface area (Å²) in [4.78, 5) is 10.1. The quantitative estimate of drug-likeness (QED) is 0.635. The zero-order valence-electron chi connectivity index (χ0n) is 12.4. The van der Waals surface area contributed by atoms with Crippen LogP contribution in [0.5, 0.6) is 5.75 Å². The van der Waals surface area contributed by atoms with Gasteiger partial charge in [0.15, 0.2) is 0 Å². The monoisotopic (exact) mass is 329 g/mol. The van der Waals surface area contributed by atoms with E-state index in [0.29, 0.717) is 19.5 Å². The minimum Gasteiger partial charge on any atom is -0.495 e. The molecule has 2 unspecified atom stereocenters. The molecule has 1 aromatic carbocycles. The van der Waals surface area contributed by atoms with Gasteiger partial charge in [-0.2, -0.15) is 4.31 Å². The molecule has 122 valence electrons. The zero-order valence-corrected chi connectivity index (χ0v) is 13.2. The Kier molecular flexibility index (Phi) is 4.69. The number of non-ortho nitro benzene ring substituents is 1. The summed E-state index contributed by atoms with van der Waals surface area (Å²) in [5.41, 5.74) is 5.41. The number of ether oxygens (including phenoxy) is 1. The first-order valence-corrected chi connectivity index (χ1v) is 8.29. The SMILES string of the molecule is COc1cc([N+](=O)[O-])ccc1S(=O)(=O)N1CC(CN)CC1C. The highest BCUT2D eigenvalue weighted by Crippen LogP contribution is 2.34. The third kappa shape index (κ3) is 2.92. The van der Waals surface area contributed by atoms with Crippen molar-refractivity contribution >= 4 is 15.7 Å². The first-order chi connectivity index (χ1) is 10.3. The van der Waals surface area contributed by atoms with Crippen LogP contribution in [-0.2, 0) is 10.0 Å². The van der Waals surface area contributed by atoms with E-state index in [-0.39, 0.29) is 28.3 Å². The Bertz CT molecular complexity index is 676. The predicted octanol–water partition coefficient (Wildman–Crippen LogP) is 0.961. The van der Waals surface area contributed by atoms with Gasteiger partial charge in [0.25, 0.3) is 5.69 Å². The summed E-state index contributed by atoms with van der Waals surface area (Å²) in [6.07, 6.45) is 0.699. The maximum atomic E-state index is 12.8. The van der Waals surface area contributed by atoms with Crippen molar-refractivity contribution in [3.05, 3.63) is 28.3 Å². The number of nitro groups is 1. The third-order valence-electron chi connectivity index (χ3n) is 3.88. The smallest absolute Gasteiger partial charge is 0.273 e. The normalized spacial score (nSPS) is 22.7. The second-order valence-corrected chi connectivity index (χ2v) is 7.21. The highest BCUT2D eigenvalue weighted by Gasteiger charge is 2.38. The Hall–Kier alpha value is -1.71. The van der Waals surface area contributed by atoms with Crippen molar-refractivity contribution in [1.82, 2.24) is 4.31 Å². The molecule has 1 aromatic rings. The Balaban J connectivity index is 2.43. The van der Waals surface area contributed by atoms with E-state index in [4.69, 9.17) is 10.5 Å². The molecule has 2 N–H and O–H groups in total. The van der Waals surface area contributed by atoms with E-state index in [9.17, 15) is 18.5 Å². The second-order valence-electron chi connectivity index (χ2n) is 5.35. The van der Waals surface area contributed by atoms with E-state index in [1.807, 2.05) is 6.92 Å². The standard InChI is InChI=1S/C13H19N3O5S/c1-9-5-10(7-14)8-15(9)22(19,20)13-4-3-11(16(17)18)6-12(13)21-2/h3-4,6,9-10H,5,7-8,14H2,1-2H3. The zero-order chi connectivity index (χ0) is 16.5. The van der Waals surface area contributed by atoms with Crippen LogP contribution in [0, 0.1) is 16.0 Å². The fourth-order valence-electron chi connectivity index (χ4n) is 2.72. The molecule has 1 heterocycles. The largest absolute Gasteiger partial charge is 0.495 e. The highest BCUT2D eigenvalue weighted by molar-refractivity contribution is 7.89. The molecule has 1 saturated heterocycles. The number of benzene rings is 1. The van der Waals surface area contributed by atoms with E-state index < -0.39 is 14.9 Å². The van der Waals surface area contributed by atoms with E-state index in [0.717, 1.165) is 12.1 Å². The number of sulfonamides is 1. The molecule has 1 aliphatic rings. The number of hydrogen-bond acceptors (Lipinski definition) is 6. The molecule has 0 spiro atoms. The van der Waals surface area contributed by atoms with Gasteiger partial charge in [0.1, 0.15) is 10.6 Å². The third-order valence-corrected chi connectivity index (χ3v) is 5.90. The number of rotatable bonds is 5. The Morgan fingerprint density at radius 1 is 1.50 bits per heavy atom. The van der Waals surface area contributed by atoms with Crippen LogP contribution in [0.4, 0.5) is 5.69 Å². The molecule has 1 fully saturated rings. The Morgan fingerprint density at radius 3 is 2.68 bits per heavy atom. The summed E-state index contributed by atoms with van der Waals surface area (Å²) in [6.45, 7) is 2.60. The lowest BCUT2D eigenvalue weighted by Gasteiger charge is -2.22. The van der Waals surface area contributed by atoms with Crippen LogP contribution in [0.15, 0.2) is 23.1 Å². The molecular weight excluding hydrogens is 310 g/mol. The minimum absolute atomic E-state index is 0.0300. The fourth-order valence-corrected chi connectivity index (χ4v) is 4.58. The van der Waals surface area contributed by atoms with Gasteiger partial charge in [0.05, 0.1) is 18.1 Å². The fraction of sp³-hybridized carbons (Fsp3) is 0.538. The molecule has 2 rings (SSSR count). The van der Waals surface area contributed by atoms with Crippen molar-refractivity contribution in [2.45, 2.75) is 24.3 Å². The summed E-state index contributed by atoms with van der Waals surface area (Å²) in [7, 11) is -2.50. The maximum absolute atomic E-state index is 12.8. The van der Waals surface area contributed by atoms with Crippen LogP contribution in [0.3, 0.4) is 0 Å². The van der Waals surface area contributed by atoms with Gasteiger partial charge in [-0.3, -0.25) is 10.1 Å². The summed E-state index contributed by atoms with van der Waals surface area (Å²) < 4.78 is 32.0. The van der Waals surface area contributed by atoms with Crippen LogP contribution in [0.1, 0.15) is 13.3 Å². The summed E-state index contributed by atoms with van der Waals surface area (Å²) in [6, 6.07) is 3.33. The first kappa shape index (κ1) is 16.7. The van der Waals surface area contributed by atoms with Gasteiger partial charge in [0.2, 0.25) is 10.0 Å². The number of hydrogen-bond donors (Lipinski definition) is 1. The predicted molar refractivity (Wildman–Crippen MR) is 80.2 cm³/mol. The van der Waals surface area contributed by atoms with Crippen LogP contribution in [0.2, 0.25) is 0 Å². The second kappa shape index (κ2) is 6.19. The van der Waals surface area contributed by atoms with Gasteiger partial charge in [-0.1, -0.05) is 0 Å². The number of nitrogens with two attached hydrogens (primary N) is 1. The van der Waals surface area contributed by atoms with Gasteiger partial charge >= 0.3 is 0 Å². The lowest BCUT2D eigenvalue weighted by Crippen LogP contribution is -2.34. The van der Waals surface area contributed by atoms with Gasteiger partial charge in [0, 0.05) is 18.7 Å². The van der Waals surface area contributed by atoms with Gasteiger partial charge in [-0.15, -0.1) is 0 Å². The van der Waals surface area contributed by atoms with E-state index in [2.05, 4.69) is 0 Å². The Morgan fingerprint density at radius 2 is 2.18 bits per heavy atom. The molecule has 22 heavy (non-hydrogen) atoms. The molecule has 0 aliphatic carbocycles. The van der Waals surface area contributed by atoms with Gasteiger partial charge in [-0.25, -0.2) is 8.42 Å². The lowest BCUT2D eigenvalue weighted by atomic mass is 10.1. The molecule has 0 bridgehead atoms. The topological polar surface area (TPSA) is 116 Å². The highest BCUT2D eigenvalue weighted by atomic mass is 32.2. The number of nitro benzene ring substituents is 1.